The van der Waals surface area contributed by atoms with Crippen molar-refractivity contribution in [3.63, 3.8) is 0 Å². The summed E-state index contributed by atoms with van der Waals surface area (Å²) < 4.78 is 10.2. The molecule has 3 N–H and O–H groups in total. The largest absolute Gasteiger partial charge is 0.493 e. The Hall–Kier alpha value is -1.26. The Balaban J connectivity index is 3.14. The number of hydrogen-bond acceptors (Lipinski definition) is 4. The van der Waals surface area contributed by atoms with Gasteiger partial charge in [-0.25, -0.2) is 0 Å². The molecule has 0 unspecified atom stereocenters. The zero-order valence-electron chi connectivity index (χ0n) is 8.36. The van der Waals surface area contributed by atoms with Gasteiger partial charge in [-0.1, -0.05) is 12.1 Å². The van der Waals surface area contributed by atoms with Crippen LogP contribution in [-0.2, 0) is 0 Å². The minimum atomic E-state index is -0.722. The van der Waals surface area contributed by atoms with Crippen LogP contribution in [0.1, 0.15) is 11.7 Å². The molecule has 0 bridgehead atoms. The van der Waals surface area contributed by atoms with Gasteiger partial charge in [0.05, 0.1) is 20.3 Å². The average molecular weight is 197 g/mol. The number of ether oxygens (including phenoxy) is 2. The van der Waals surface area contributed by atoms with E-state index in [9.17, 15) is 5.11 Å². The van der Waals surface area contributed by atoms with Crippen LogP contribution >= 0.6 is 0 Å². The molecular formula is C10H15NO3. The van der Waals surface area contributed by atoms with Crippen molar-refractivity contribution in [1.82, 2.24) is 0 Å². The summed E-state index contributed by atoms with van der Waals surface area (Å²) in [6, 6.07) is 5.32. The van der Waals surface area contributed by atoms with Crippen LogP contribution in [0.3, 0.4) is 0 Å². The molecule has 0 spiro atoms. The summed E-state index contributed by atoms with van der Waals surface area (Å²) in [5.74, 6) is 1.13. The van der Waals surface area contributed by atoms with Crippen LogP contribution < -0.4 is 15.2 Å². The molecule has 4 heteroatoms. The van der Waals surface area contributed by atoms with Crippen molar-refractivity contribution in [1.29, 1.82) is 0 Å². The highest BCUT2D eigenvalue weighted by molar-refractivity contribution is 5.47. The second-order valence-corrected chi connectivity index (χ2v) is 2.83. The molecular weight excluding hydrogens is 182 g/mol. The van der Waals surface area contributed by atoms with Gasteiger partial charge in [0.1, 0.15) is 0 Å². The molecule has 0 aliphatic heterocycles. The van der Waals surface area contributed by atoms with Gasteiger partial charge in [0, 0.05) is 12.1 Å². The molecule has 0 heterocycles. The lowest BCUT2D eigenvalue weighted by atomic mass is 10.1. The molecule has 78 valence electrons. The van der Waals surface area contributed by atoms with E-state index >= 15 is 0 Å². The Morgan fingerprint density at radius 3 is 2.57 bits per heavy atom. The fourth-order valence-electron chi connectivity index (χ4n) is 1.30. The van der Waals surface area contributed by atoms with E-state index in [0.717, 1.165) is 0 Å². The second-order valence-electron chi connectivity index (χ2n) is 2.83. The number of rotatable bonds is 4. The SMILES string of the molecule is COc1cccc([C@H](O)CN)c1OC. The average Bonchev–Trinajstić information content (AvgIpc) is 2.26. The van der Waals surface area contributed by atoms with Gasteiger partial charge >= 0.3 is 0 Å². The Bertz CT molecular complexity index is 301. The van der Waals surface area contributed by atoms with E-state index < -0.39 is 6.10 Å². The van der Waals surface area contributed by atoms with Gasteiger partial charge in [0.15, 0.2) is 11.5 Å². The van der Waals surface area contributed by atoms with E-state index in [0.29, 0.717) is 17.1 Å². The van der Waals surface area contributed by atoms with Crippen LogP contribution in [0.5, 0.6) is 11.5 Å². The van der Waals surface area contributed by atoms with Crippen LogP contribution in [0.2, 0.25) is 0 Å². The molecule has 0 radical (unpaired) electrons. The first-order valence-electron chi connectivity index (χ1n) is 4.33. The molecule has 0 saturated heterocycles. The summed E-state index contributed by atoms with van der Waals surface area (Å²) in [5, 5.41) is 9.60. The number of aliphatic hydroxyl groups excluding tert-OH is 1. The number of aliphatic hydroxyl groups is 1. The summed E-state index contributed by atoms with van der Waals surface area (Å²) in [6.45, 7) is 0.156. The maximum atomic E-state index is 9.60. The summed E-state index contributed by atoms with van der Waals surface area (Å²) in [5.41, 5.74) is 6.02. The third-order valence-corrected chi connectivity index (χ3v) is 2.02. The van der Waals surface area contributed by atoms with Crippen LogP contribution in [-0.4, -0.2) is 25.9 Å². The van der Waals surface area contributed by atoms with Gasteiger partial charge in [-0.2, -0.15) is 0 Å². The van der Waals surface area contributed by atoms with Crippen molar-refractivity contribution >= 4 is 0 Å². The van der Waals surface area contributed by atoms with E-state index in [1.165, 1.54) is 7.11 Å². The lowest BCUT2D eigenvalue weighted by Crippen LogP contribution is -2.12. The smallest absolute Gasteiger partial charge is 0.166 e. The topological polar surface area (TPSA) is 64.7 Å². The molecule has 0 fully saturated rings. The van der Waals surface area contributed by atoms with E-state index in [4.69, 9.17) is 15.2 Å². The Morgan fingerprint density at radius 2 is 2.07 bits per heavy atom. The molecule has 1 rings (SSSR count). The Labute approximate surface area is 83.3 Å². The lowest BCUT2D eigenvalue weighted by Gasteiger charge is -2.15. The van der Waals surface area contributed by atoms with Gasteiger partial charge in [-0.05, 0) is 6.07 Å². The van der Waals surface area contributed by atoms with Crippen molar-refractivity contribution < 1.29 is 14.6 Å². The van der Waals surface area contributed by atoms with E-state index in [-0.39, 0.29) is 6.54 Å². The summed E-state index contributed by atoms with van der Waals surface area (Å²) in [4.78, 5) is 0. The second kappa shape index (κ2) is 4.83. The maximum absolute atomic E-state index is 9.60. The molecule has 0 aliphatic carbocycles. The first-order chi connectivity index (χ1) is 6.74. The fourth-order valence-corrected chi connectivity index (χ4v) is 1.30. The zero-order chi connectivity index (χ0) is 10.6. The van der Waals surface area contributed by atoms with Gasteiger partial charge < -0.3 is 20.3 Å². The molecule has 0 saturated carbocycles. The Kier molecular flexibility index (Phi) is 3.73. The number of para-hydroxylation sites is 1. The van der Waals surface area contributed by atoms with Crippen LogP contribution in [0.25, 0.3) is 0 Å². The number of methoxy groups -OCH3 is 2. The zero-order valence-corrected chi connectivity index (χ0v) is 8.36. The minimum absolute atomic E-state index is 0.156. The normalized spacial score (nSPS) is 12.3. The standard InChI is InChI=1S/C10H15NO3/c1-13-9-5-3-4-7(8(12)6-11)10(9)14-2/h3-5,8,12H,6,11H2,1-2H3/t8-/m1/s1. The van der Waals surface area contributed by atoms with Crippen LogP contribution in [0.4, 0.5) is 0 Å². The molecule has 0 aliphatic rings. The molecule has 0 aromatic heterocycles. The van der Waals surface area contributed by atoms with Crippen molar-refractivity contribution in [3.05, 3.63) is 23.8 Å². The van der Waals surface area contributed by atoms with E-state index in [2.05, 4.69) is 0 Å². The third kappa shape index (κ3) is 1.97. The van der Waals surface area contributed by atoms with Crippen molar-refractivity contribution in [2.45, 2.75) is 6.10 Å². The predicted molar refractivity (Wildman–Crippen MR) is 53.6 cm³/mol. The summed E-state index contributed by atoms with van der Waals surface area (Å²) >= 11 is 0. The monoisotopic (exact) mass is 197 g/mol. The van der Waals surface area contributed by atoms with Crippen molar-refractivity contribution in [3.8, 4) is 11.5 Å². The number of benzene rings is 1. The number of nitrogens with two attached hydrogens (primary N) is 1. The minimum Gasteiger partial charge on any atom is -0.493 e. The lowest BCUT2D eigenvalue weighted by molar-refractivity contribution is 0.181. The van der Waals surface area contributed by atoms with Crippen molar-refractivity contribution in [2.24, 2.45) is 5.73 Å². The first kappa shape index (κ1) is 10.8. The summed E-state index contributed by atoms with van der Waals surface area (Å²) in [6.07, 6.45) is -0.722. The summed E-state index contributed by atoms with van der Waals surface area (Å²) in [7, 11) is 3.08. The first-order valence-corrected chi connectivity index (χ1v) is 4.33. The molecule has 1 aromatic rings. The Morgan fingerprint density at radius 1 is 1.36 bits per heavy atom. The van der Waals surface area contributed by atoms with E-state index in [1.807, 2.05) is 0 Å². The van der Waals surface area contributed by atoms with Crippen LogP contribution in [0, 0.1) is 0 Å². The van der Waals surface area contributed by atoms with Gasteiger partial charge in [-0.3, -0.25) is 0 Å². The quantitative estimate of drug-likeness (QED) is 0.745. The molecule has 0 amide bonds. The van der Waals surface area contributed by atoms with Crippen molar-refractivity contribution in [2.75, 3.05) is 20.8 Å². The highest BCUT2D eigenvalue weighted by Crippen LogP contribution is 2.33. The van der Waals surface area contributed by atoms with Crippen LogP contribution in [0.15, 0.2) is 18.2 Å². The number of hydrogen-bond donors (Lipinski definition) is 2. The fraction of sp³-hybridized carbons (Fsp3) is 0.400. The van der Waals surface area contributed by atoms with Gasteiger partial charge in [-0.15, -0.1) is 0 Å². The molecule has 4 nitrogen and oxygen atoms in total. The van der Waals surface area contributed by atoms with Gasteiger partial charge in [0.2, 0.25) is 0 Å². The highest BCUT2D eigenvalue weighted by Gasteiger charge is 2.15. The van der Waals surface area contributed by atoms with E-state index in [1.54, 1.807) is 25.3 Å². The molecule has 1 aromatic carbocycles. The third-order valence-electron chi connectivity index (χ3n) is 2.02. The predicted octanol–water partition coefficient (Wildman–Crippen LogP) is 0.696. The maximum Gasteiger partial charge on any atom is 0.166 e. The van der Waals surface area contributed by atoms with Gasteiger partial charge in [0.25, 0.3) is 0 Å². The molecule has 14 heavy (non-hydrogen) atoms. The molecule has 1 atom stereocenters. The highest BCUT2D eigenvalue weighted by atomic mass is 16.5.